The highest BCUT2D eigenvalue weighted by Gasteiger charge is 2.39. The lowest BCUT2D eigenvalue weighted by atomic mass is 10.3. The van der Waals surface area contributed by atoms with E-state index in [0.717, 1.165) is 11.0 Å². The molecule has 1 fully saturated rings. The van der Waals surface area contributed by atoms with Gasteiger partial charge in [-0.1, -0.05) is 0 Å². The second-order valence-corrected chi connectivity index (χ2v) is 6.63. The van der Waals surface area contributed by atoms with Gasteiger partial charge in [-0.3, -0.25) is 14.5 Å². The fourth-order valence-corrected chi connectivity index (χ4v) is 3.87. The number of furan rings is 1. The molecule has 1 aliphatic rings. The van der Waals surface area contributed by atoms with Crippen LogP contribution in [0, 0.1) is 0 Å². The molecule has 2 amide bonds. The number of rotatable bonds is 4. The van der Waals surface area contributed by atoms with E-state index in [1.165, 1.54) is 7.05 Å². The SMILES string of the molecule is CN1C(=O)CC(NS(=O)(=O)c2cc(C(=O)O)oc2Br)C1=O. The molecule has 1 unspecified atom stereocenters. The first-order chi connectivity index (χ1) is 9.63. The van der Waals surface area contributed by atoms with Gasteiger partial charge < -0.3 is 9.52 Å². The highest BCUT2D eigenvalue weighted by molar-refractivity contribution is 9.10. The molecule has 1 saturated heterocycles. The first-order valence-corrected chi connectivity index (χ1v) is 7.76. The molecular weight excluding hydrogens is 372 g/mol. The molecule has 0 spiro atoms. The summed E-state index contributed by atoms with van der Waals surface area (Å²) in [6.07, 6.45) is -0.296. The van der Waals surface area contributed by atoms with E-state index in [-0.39, 0.29) is 11.1 Å². The Kier molecular flexibility index (Phi) is 3.91. The Morgan fingerprint density at radius 1 is 1.52 bits per heavy atom. The van der Waals surface area contributed by atoms with Crippen LogP contribution in [0.15, 0.2) is 20.0 Å². The fourth-order valence-electron chi connectivity index (χ4n) is 1.74. The van der Waals surface area contributed by atoms with Crippen LogP contribution in [0.1, 0.15) is 17.0 Å². The lowest BCUT2D eigenvalue weighted by Gasteiger charge is -2.10. The molecule has 11 heteroatoms. The molecule has 0 aromatic carbocycles. The van der Waals surface area contributed by atoms with Crippen molar-refractivity contribution in [2.24, 2.45) is 0 Å². The van der Waals surface area contributed by atoms with Gasteiger partial charge in [0.05, 0.1) is 6.42 Å². The van der Waals surface area contributed by atoms with Crippen LogP contribution >= 0.6 is 15.9 Å². The van der Waals surface area contributed by atoms with Gasteiger partial charge in [0, 0.05) is 13.1 Å². The first-order valence-electron chi connectivity index (χ1n) is 5.49. The molecule has 21 heavy (non-hydrogen) atoms. The van der Waals surface area contributed by atoms with Crippen molar-refractivity contribution >= 4 is 43.7 Å². The number of carboxylic acids is 1. The first kappa shape index (κ1) is 15.7. The van der Waals surface area contributed by atoms with Crippen molar-refractivity contribution in [3.8, 4) is 0 Å². The predicted molar refractivity (Wildman–Crippen MR) is 69.9 cm³/mol. The molecule has 1 aromatic rings. The van der Waals surface area contributed by atoms with Crippen LogP contribution in [0.2, 0.25) is 0 Å². The summed E-state index contributed by atoms with van der Waals surface area (Å²) < 4.78 is 30.7. The molecule has 0 radical (unpaired) electrons. The maximum atomic E-state index is 12.1. The molecule has 114 valence electrons. The Labute approximate surface area is 127 Å². The minimum absolute atomic E-state index is 0.296. The summed E-state index contributed by atoms with van der Waals surface area (Å²) in [6.45, 7) is 0. The molecular formula is C10H9BrN2O7S. The quantitative estimate of drug-likeness (QED) is 0.689. The van der Waals surface area contributed by atoms with E-state index in [2.05, 4.69) is 20.7 Å². The van der Waals surface area contributed by atoms with E-state index in [9.17, 15) is 22.8 Å². The number of likely N-dealkylation sites (N-methyl/N-ethyl adjacent to an activating group) is 1. The van der Waals surface area contributed by atoms with Gasteiger partial charge >= 0.3 is 5.97 Å². The zero-order valence-corrected chi connectivity index (χ0v) is 12.9. The van der Waals surface area contributed by atoms with Crippen LogP contribution < -0.4 is 4.72 Å². The van der Waals surface area contributed by atoms with E-state index in [1.54, 1.807) is 0 Å². The third-order valence-corrected chi connectivity index (χ3v) is 5.16. The summed E-state index contributed by atoms with van der Waals surface area (Å²) in [5.74, 6) is -3.20. The standard InChI is InChI=1S/C10H9BrN2O7S/c1-13-7(14)2-4(9(13)15)12-21(18,19)6-3-5(10(16)17)20-8(6)11/h3-4,12H,2H2,1H3,(H,16,17). The largest absolute Gasteiger partial charge is 0.475 e. The molecule has 0 bridgehead atoms. The van der Waals surface area contributed by atoms with Crippen molar-refractivity contribution in [3.05, 3.63) is 16.5 Å². The average molecular weight is 381 g/mol. The van der Waals surface area contributed by atoms with Gasteiger partial charge in [-0.05, 0) is 15.9 Å². The van der Waals surface area contributed by atoms with Gasteiger partial charge in [0.2, 0.25) is 27.6 Å². The second kappa shape index (κ2) is 5.24. The molecule has 2 heterocycles. The van der Waals surface area contributed by atoms with Gasteiger partial charge in [0.25, 0.3) is 0 Å². The summed E-state index contributed by atoms with van der Waals surface area (Å²) in [5, 5.41) is 8.75. The molecule has 9 nitrogen and oxygen atoms in total. The maximum absolute atomic E-state index is 12.1. The van der Waals surface area contributed by atoms with Crippen molar-refractivity contribution in [3.63, 3.8) is 0 Å². The van der Waals surface area contributed by atoms with E-state index in [1.807, 2.05) is 0 Å². The number of likely N-dealkylation sites (tertiary alicyclic amines) is 1. The summed E-state index contributed by atoms with van der Waals surface area (Å²) in [7, 11) is -2.98. The topological polar surface area (TPSA) is 134 Å². The van der Waals surface area contributed by atoms with Crippen LogP contribution in [-0.4, -0.2) is 49.3 Å². The zero-order chi connectivity index (χ0) is 15.9. The predicted octanol–water partition coefficient (Wildman–Crippen LogP) is -0.224. The molecule has 0 saturated carbocycles. The third kappa shape index (κ3) is 2.84. The number of carboxylic acid groups (broad SMARTS) is 1. The summed E-state index contributed by atoms with van der Waals surface area (Å²) in [4.78, 5) is 34.1. The summed E-state index contributed by atoms with van der Waals surface area (Å²) >= 11 is 2.80. The van der Waals surface area contributed by atoms with Crippen molar-refractivity contribution in [2.45, 2.75) is 17.4 Å². The fraction of sp³-hybridized carbons (Fsp3) is 0.300. The zero-order valence-electron chi connectivity index (χ0n) is 10.5. The number of amides is 2. The van der Waals surface area contributed by atoms with Gasteiger partial charge in [-0.15, -0.1) is 0 Å². The number of sulfonamides is 1. The Bertz CT molecular complexity index is 739. The number of nitrogens with one attached hydrogen (secondary N) is 1. The number of imide groups is 1. The van der Waals surface area contributed by atoms with Crippen LogP contribution in [0.4, 0.5) is 0 Å². The number of aromatic carboxylic acids is 1. The molecule has 1 atom stereocenters. The average Bonchev–Trinajstić information content (AvgIpc) is 2.87. The minimum atomic E-state index is -4.22. The van der Waals surface area contributed by atoms with Crippen LogP contribution in [0.25, 0.3) is 0 Å². The van der Waals surface area contributed by atoms with E-state index in [4.69, 9.17) is 9.52 Å². The van der Waals surface area contributed by atoms with Gasteiger partial charge in [0.15, 0.2) is 4.67 Å². The molecule has 1 aliphatic heterocycles. The Hall–Kier alpha value is -1.72. The van der Waals surface area contributed by atoms with E-state index in [0.29, 0.717) is 0 Å². The number of halogens is 1. The van der Waals surface area contributed by atoms with E-state index >= 15 is 0 Å². The van der Waals surface area contributed by atoms with Crippen LogP contribution in [-0.2, 0) is 19.6 Å². The van der Waals surface area contributed by atoms with Crippen molar-refractivity contribution in [1.29, 1.82) is 0 Å². The monoisotopic (exact) mass is 380 g/mol. The Morgan fingerprint density at radius 3 is 2.57 bits per heavy atom. The molecule has 1 aromatic heterocycles. The van der Waals surface area contributed by atoms with Crippen molar-refractivity contribution < 1.29 is 32.3 Å². The minimum Gasteiger partial charge on any atom is -0.475 e. The van der Waals surface area contributed by atoms with Crippen LogP contribution in [0.3, 0.4) is 0 Å². The molecule has 2 N–H and O–H groups in total. The summed E-state index contributed by atoms with van der Waals surface area (Å²) in [5.41, 5.74) is 0. The number of carbonyl (C=O) groups is 3. The second-order valence-electron chi connectivity index (χ2n) is 4.22. The normalized spacial score (nSPS) is 19.3. The summed E-state index contributed by atoms with van der Waals surface area (Å²) in [6, 6.07) is -0.415. The number of hydrogen-bond acceptors (Lipinski definition) is 6. The highest BCUT2D eigenvalue weighted by atomic mass is 79.9. The lowest BCUT2D eigenvalue weighted by Crippen LogP contribution is -2.40. The molecule has 2 rings (SSSR count). The number of carbonyl (C=O) groups excluding carboxylic acids is 2. The molecule has 0 aliphatic carbocycles. The Morgan fingerprint density at radius 2 is 2.14 bits per heavy atom. The third-order valence-electron chi connectivity index (χ3n) is 2.83. The van der Waals surface area contributed by atoms with E-state index < -0.39 is 44.5 Å². The van der Waals surface area contributed by atoms with Gasteiger partial charge in [0.1, 0.15) is 10.9 Å². The van der Waals surface area contributed by atoms with Gasteiger partial charge in [-0.25, -0.2) is 13.2 Å². The smallest absolute Gasteiger partial charge is 0.371 e. The lowest BCUT2D eigenvalue weighted by molar-refractivity contribution is -0.137. The number of hydrogen-bond donors (Lipinski definition) is 2. The number of nitrogens with zero attached hydrogens (tertiary/aromatic N) is 1. The van der Waals surface area contributed by atoms with Gasteiger partial charge in [-0.2, -0.15) is 4.72 Å². The Balaban J connectivity index is 2.29. The van der Waals surface area contributed by atoms with Crippen molar-refractivity contribution in [1.82, 2.24) is 9.62 Å². The maximum Gasteiger partial charge on any atom is 0.371 e. The van der Waals surface area contributed by atoms with Crippen LogP contribution in [0.5, 0.6) is 0 Å². The highest BCUT2D eigenvalue weighted by Crippen LogP contribution is 2.27. The van der Waals surface area contributed by atoms with Crippen molar-refractivity contribution in [2.75, 3.05) is 7.05 Å².